The van der Waals surface area contributed by atoms with Gasteiger partial charge in [-0.25, -0.2) is 0 Å². The molecule has 0 aromatic heterocycles. The van der Waals surface area contributed by atoms with Crippen LogP contribution in [0.5, 0.6) is 11.5 Å². The van der Waals surface area contributed by atoms with Crippen molar-refractivity contribution in [3.05, 3.63) is 22.7 Å². The Morgan fingerprint density at radius 3 is 2.75 bits per heavy atom. The summed E-state index contributed by atoms with van der Waals surface area (Å²) in [5.41, 5.74) is 0.681. The van der Waals surface area contributed by atoms with Crippen molar-refractivity contribution in [1.29, 1.82) is 0 Å². The first-order valence-electron chi connectivity index (χ1n) is 5.52. The van der Waals surface area contributed by atoms with Crippen molar-refractivity contribution < 1.29 is 14.3 Å². The van der Waals surface area contributed by atoms with Crippen molar-refractivity contribution in [2.24, 2.45) is 5.10 Å². The summed E-state index contributed by atoms with van der Waals surface area (Å²) in [4.78, 5) is 11.5. The highest BCUT2D eigenvalue weighted by Crippen LogP contribution is 2.35. The maximum Gasteiger partial charge on any atom is 0.259 e. The zero-order chi connectivity index (χ0) is 14.7. The van der Waals surface area contributed by atoms with Crippen LogP contribution in [0.4, 0.5) is 0 Å². The van der Waals surface area contributed by atoms with Gasteiger partial charge in [0.15, 0.2) is 15.8 Å². The van der Waals surface area contributed by atoms with Gasteiger partial charge >= 0.3 is 0 Å². The third-order valence-electron chi connectivity index (χ3n) is 2.51. The van der Waals surface area contributed by atoms with Crippen molar-refractivity contribution in [3.63, 3.8) is 0 Å². The summed E-state index contributed by atoms with van der Waals surface area (Å²) in [7, 11) is 3.03. The van der Waals surface area contributed by atoms with Crippen LogP contribution in [0, 0.1) is 0 Å². The van der Waals surface area contributed by atoms with Crippen LogP contribution < -0.4 is 9.47 Å². The molecule has 1 aromatic carbocycles. The highest BCUT2D eigenvalue weighted by atomic mass is 35.5. The fraction of sp³-hybridized carbons (Fsp3) is 0.250. The molecule has 0 N–H and O–H groups in total. The molecule has 0 atom stereocenters. The molecule has 0 unspecified atom stereocenters. The largest absolute Gasteiger partial charge is 0.493 e. The second-order valence-corrected chi connectivity index (χ2v) is 5.76. The summed E-state index contributed by atoms with van der Waals surface area (Å²) >= 11 is 12.4. The van der Waals surface area contributed by atoms with Gasteiger partial charge in [0, 0.05) is 0 Å². The van der Waals surface area contributed by atoms with E-state index >= 15 is 0 Å². The molecule has 0 saturated carbocycles. The first kappa shape index (κ1) is 15.1. The smallest absolute Gasteiger partial charge is 0.259 e. The lowest BCUT2D eigenvalue weighted by atomic mass is 10.2. The number of ether oxygens (including phenoxy) is 2. The molecule has 20 heavy (non-hydrogen) atoms. The van der Waals surface area contributed by atoms with Crippen molar-refractivity contribution in [2.45, 2.75) is 0 Å². The zero-order valence-electron chi connectivity index (χ0n) is 10.8. The third-order valence-corrected chi connectivity index (χ3v) is 4.12. The minimum absolute atomic E-state index is 0.136. The summed E-state index contributed by atoms with van der Waals surface area (Å²) < 4.78 is 10.8. The molecule has 2 rings (SSSR count). The lowest BCUT2D eigenvalue weighted by molar-refractivity contribution is -0.123. The monoisotopic (exact) mass is 330 g/mol. The Morgan fingerprint density at radius 2 is 2.20 bits per heavy atom. The van der Waals surface area contributed by atoms with E-state index in [0.717, 1.165) is 0 Å². The number of amides is 1. The average molecular weight is 331 g/mol. The third kappa shape index (κ3) is 3.05. The molecule has 1 saturated heterocycles. The van der Waals surface area contributed by atoms with E-state index in [1.807, 2.05) is 0 Å². The Bertz CT molecular complexity index is 576. The van der Waals surface area contributed by atoms with Crippen LogP contribution in [0.2, 0.25) is 5.02 Å². The van der Waals surface area contributed by atoms with E-state index in [2.05, 4.69) is 5.10 Å². The lowest BCUT2D eigenvalue weighted by Gasteiger charge is -2.10. The number of thiocarbonyl (C=S) groups is 1. The highest BCUT2D eigenvalue weighted by Gasteiger charge is 2.26. The summed E-state index contributed by atoms with van der Waals surface area (Å²) in [6, 6.07) is 3.38. The van der Waals surface area contributed by atoms with E-state index in [0.29, 0.717) is 32.2 Å². The molecule has 1 amide bonds. The Balaban J connectivity index is 2.28. The molecule has 1 aliphatic rings. The number of hydrogen-bond donors (Lipinski definition) is 0. The number of thioether (sulfide) groups is 1. The van der Waals surface area contributed by atoms with E-state index in [4.69, 9.17) is 33.3 Å². The maximum atomic E-state index is 11.5. The second-order valence-electron chi connectivity index (χ2n) is 3.74. The average Bonchev–Trinajstić information content (AvgIpc) is 2.75. The van der Waals surface area contributed by atoms with Gasteiger partial charge in [-0.15, -0.1) is 0 Å². The van der Waals surface area contributed by atoms with E-state index in [1.54, 1.807) is 12.1 Å². The molecule has 1 aliphatic heterocycles. The van der Waals surface area contributed by atoms with Gasteiger partial charge in [0.1, 0.15) is 0 Å². The number of hydrogen-bond acceptors (Lipinski definition) is 6. The minimum Gasteiger partial charge on any atom is -0.493 e. The number of halogens is 1. The van der Waals surface area contributed by atoms with Gasteiger partial charge < -0.3 is 9.47 Å². The van der Waals surface area contributed by atoms with Gasteiger partial charge in [0.25, 0.3) is 5.91 Å². The molecule has 0 bridgehead atoms. The van der Waals surface area contributed by atoms with Crippen LogP contribution in [-0.2, 0) is 4.79 Å². The standard InChI is InChI=1S/C12H11ClN2O3S2/c1-17-9-4-7(3-8(13)11(9)18-2)5-14-15-10(16)6-20-12(15)19/h3-5H,6H2,1-2H3/b14-5-. The van der Waals surface area contributed by atoms with Crippen LogP contribution in [0.15, 0.2) is 17.2 Å². The SMILES string of the molecule is COc1cc(/C=N\N2C(=O)CSC2=S)cc(Cl)c1OC. The quantitative estimate of drug-likeness (QED) is 0.627. The predicted octanol–water partition coefficient (Wildman–Crippen LogP) is 2.55. The molecule has 8 heteroatoms. The van der Waals surface area contributed by atoms with Gasteiger partial charge in [-0.3, -0.25) is 4.79 Å². The summed E-state index contributed by atoms with van der Waals surface area (Å²) in [5, 5.41) is 5.67. The predicted molar refractivity (Wildman–Crippen MR) is 84.1 cm³/mol. The Morgan fingerprint density at radius 1 is 1.45 bits per heavy atom. The molecular weight excluding hydrogens is 320 g/mol. The van der Waals surface area contributed by atoms with Crippen LogP contribution in [0.1, 0.15) is 5.56 Å². The summed E-state index contributed by atoms with van der Waals surface area (Å²) in [5.74, 6) is 1.13. The molecule has 0 spiro atoms. The Labute approximate surface area is 130 Å². The van der Waals surface area contributed by atoms with Gasteiger partial charge in [0.2, 0.25) is 0 Å². The normalized spacial score (nSPS) is 15.2. The van der Waals surface area contributed by atoms with Gasteiger partial charge in [0.05, 0.1) is 31.2 Å². The maximum absolute atomic E-state index is 11.5. The van der Waals surface area contributed by atoms with E-state index in [-0.39, 0.29) is 5.91 Å². The van der Waals surface area contributed by atoms with E-state index in [9.17, 15) is 4.79 Å². The molecule has 1 aromatic rings. The number of carbonyl (C=O) groups excluding carboxylic acids is 1. The van der Waals surface area contributed by atoms with Crippen LogP contribution in [0.25, 0.3) is 0 Å². The molecule has 5 nitrogen and oxygen atoms in total. The van der Waals surface area contributed by atoms with Crippen molar-refractivity contribution in [2.75, 3.05) is 20.0 Å². The van der Waals surface area contributed by atoms with Crippen LogP contribution >= 0.6 is 35.6 Å². The lowest BCUT2D eigenvalue weighted by Crippen LogP contribution is -2.22. The Kier molecular flexibility index (Phi) is 4.85. The van der Waals surface area contributed by atoms with Crippen molar-refractivity contribution in [1.82, 2.24) is 5.01 Å². The Hall–Kier alpha value is -1.31. The minimum atomic E-state index is -0.136. The van der Waals surface area contributed by atoms with E-state index < -0.39 is 0 Å². The fourth-order valence-electron chi connectivity index (χ4n) is 1.60. The van der Waals surface area contributed by atoms with Gasteiger partial charge in [-0.1, -0.05) is 35.6 Å². The fourth-order valence-corrected chi connectivity index (χ4v) is 2.86. The van der Waals surface area contributed by atoms with Crippen LogP contribution in [0.3, 0.4) is 0 Å². The van der Waals surface area contributed by atoms with Crippen molar-refractivity contribution >= 4 is 52.0 Å². The number of nitrogens with zero attached hydrogens (tertiary/aromatic N) is 2. The number of methoxy groups -OCH3 is 2. The van der Waals surface area contributed by atoms with Gasteiger partial charge in [-0.2, -0.15) is 10.1 Å². The molecular formula is C12H11ClN2O3S2. The highest BCUT2D eigenvalue weighted by molar-refractivity contribution is 8.23. The molecule has 1 fully saturated rings. The molecule has 0 radical (unpaired) electrons. The number of carbonyl (C=O) groups is 1. The van der Waals surface area contributed by atoms with Crippen molar-refractivity contribution in [3.8, 4) is 11.5 Å². The number of rotatable bonds is 4. The van der Waals surface area contributed by atoms with Gasteiger partial charge in [-0.05, 0) is 17.7 Å². The first-order valence-corrected chi connectivity index (χ1v) is 7.29. The zero-order valence-corrected chi connectivity index (χ0v) is 13.1. The van der Waals surface area contributed by atoms with Crippen LogP contribution in [-0.4, -0.2) is 41.4 Å². The first-order chi connectivity index (χ1) is 9.56. The summed E-state index contributed by atoms with van der Waals surface area (Å²) in [6.45, 7) is 0. The number of benzene rings is 1. The molecule has 0 aliphatic carbocycles. The molecule has 106 valence electrons. The topological polar surface area (TPSA) is 51.1 Å². The summed E-state index contributed by atoms with van der Waals surface area (Å²) in [6.07, 6.45) is 1.50. The van der Waals surface area contributed by atoms with E-state index in [1.165, 1.54) is 37.2 Å². The second kappa shape index (κ2) is 6.43. The molecule has 1 heterocycles. The number of hydrazone groups is 1.